The lowest BCUT2D eigenvalue weighted by Crippen LogP contribution is -2.38. The van der Waals surface area contributed by atoms with Crippen LogP contribution in [0.15, 0.2) is 24.4 Å². The molecule has 2 rings (SSSR count). The number of anilines is 1. The Morgan fingerprint density at radius 1 is 1.18 bits per heavy atom. The minimum Gasteiger partial charge on any atom is -0.349 e. The number of benzene rings is 1. The van der Waals surface area contributed by atoms with E-state index in [1.807, 2.05) is 5.32 Å². The molecule has 0 aliphatic heterocycles. The van der Waals surface area contributed by atoms with Gasteiger partial charge in [0.05, 0.1) is 17.0 Å². The van der Waals surface area contributed by atoms with Crippen molar-refractivity contribution in [1.29, 1.82) is 5.26 Å². The van der Waals surface area contributed by atoms with Crippen molar-refractivity contribution < 1.29 is 36.3 Å². The molecule has 0 aliphatic carbocycles. The first-order chi connectivity index (χ1) is 15.3. The average molecular weight is 470 g/mol. The highest BCUT2D eigenvalue weighted by Crippen LogP contribution is 2.31. The van der Waals surface area contributed by atoms with Crippen LogP contribution in [-0.4, -0.2) is 34.9 Å². The Labute approximate surface area is 185 Å². The number of ketones is 1. The summed E-state index contributed by atoms with van der Waals surface area (Å²) in [6.07, 6.45) is -3.60. The van der Waals surface area contributed by atoms with Gasteiger partial charge in [0.25, 0.3) is 17.6 Å². The summed E-state index contributed by atoms with van der Waals surface area (Å²) in [6, 6.07) is 4.67. The molecule has 0 radical (unpaired) electrons. The summed E-state index contributed by atoms with van der Waals surface area (Å²) in [6.45, 7) is 1.70. The van der Waals surface area contributed by atoms with Crippen molar-refractivity contribution in [1.82, 2.24) is 9.88 Å². The van der Waals surface area contributed by atoms with Crippen molar-refractivity contribution >= 4 is 23.3 Å². The van der Waals surface area contributed by atoms with Gasteiger partial charge in [-0.25, -0.2) is 8.78 Å². The zero-order chi connectivity index (χ0) is 25.1. The van der Waals surface area contributed by atoms with Gasteiger partial charge in [0, 0.05) is 25.5 Å². The van der Waals surface area contributed by atoms with Crippen molar-refractivity contribution in [3.05, 3.63) is 52.9 Å². The van der Waals surface area contributed by atoms with Crippen LogP contribution in [0, 0.1) is 34.8 Å². The van der Waals surface area contributed by atoms with Crippen molar-refractivity contribution in [2.24, 2.45) is 18.9 Å². The number of aromatic nitrogens is 1. The molecule has 0 saturated carbocycles. The first kappa shape index (κ1) is 25.5. The van der Waals surface area contributed by atoms with E-state index >= 15 is 0 Å². The molecule has 0 spiro atoms. The van der Waals surface area contributed by atoms with E-state index in [-0.39, 0.29) is 11.3 Å². The number of nitrogens with one attached hydrogen (secondary N) is 2. The molecule has 0 aliphatic rings. The lowest BCUT2D eigenvalue weighted by atomic mass is 9.95. The fraction of sp³-hybridized carbons (Fsp3) is 0.333. The zero-order valence-electron chi connectivity index (χ0n) is 17.7. The molecule has 1 heterocycles. The van der Waals surface area contributed by atoms with Crippen molar-refractivity contribution in [3.63, 3.8) is 0 Å². The molecule has 0 unspecified atom stereocenters. The van der Waals surface area contributed by atoms with E-state index in [4.69, 9.17) is 5.26 Å². The Bertz CT molecular complexity index is 1130. The summed E-state index contributed by atoms with van der Waals surface area (Å²) in [5.74, 6) is -8.68. The molecule has 0 bridgehead atoms. The maximum Gasteiger partial charge on any atom is 0.391 e. The summed E-state index contributed by atoms with van der Waals surface area (Å²) in [5.41, 5.74) is -1.76. The fourth-order valence-corrected chi connectivity index (χ4v) is 2.85. The fourth-order valence-electron chi connectivity index (χ4n) is 2.85. The maximum atomic E-state index is 14.8. The van der Waals surface area contributed by atoms with E-state index < -0.39 is 65.0 Å². The topological polar surface area (TPSA) is 104 Å². The summed E-state index contributed by atoms with van der Waals surface area (Å²) in [7, 11) is 1.23. The summed E-state index contributed by atoms with van der Waals surface area (Å²) in [4.78, 5) is 36.9. The minimum absolute atomic E-state index is 0.0167. The standard InChI is InChI=1S/C21H19F5N4O3/c1-10(11(2)21(24,25)26)8-28-20(33)18(31)14-9-30(3)17(16(14)23)19(32)29-13-4-5-15(22)12(6-13)7-27/h4-6,9-11H,8H2,1-3H3,(H,28,33)(H,29,32)/t10-,11+/m1/s1. The third-order valence-electron chi connectivity index (χ3n) is 5.08. The van der Waals surface area contributed by atoms with Crippen LogP contribution in [0.3, 0.4) is 0 Å². The molecule has 12 heteroatoms. The smallest absolute Gasteiger partial charge is 0.349 e. The Morgan fingerprint density at radius 2 is 1.82 bits per heavy atom. The highest BCUT2D eigenvalue weighted by molar-refractivity contribution is 6.43. The molecule has 1 aromatic carbocycles. The van der Waals surface area contributed by atoms with E-state index in [0.717, 1.165) is 35.9 Å². The molecule has 0 fully saturated rings. The molecule has 176 valence electrons. The van der Waals surface area contributed by atoms with Crippen LogP contribution in [0.2, 0.25) is 0 Å². The van der Waals surface area contributed by atoms with Crippen molar-refractivity contribution in [3.8, 4) is 6.07 Å². The predicted molar refractivity (Wildman–Crippen MR) is 106 cm³/mol. The van der Waals surface area contributed by atoms with Gasteiger partial charge in [0.2, 0.25) is 0 Å². The monoisotopic (exact) mass is 470 g/mol. The molecule has 7 nitrogen and oxygen atoms in total. The minimum atomic E-state index is -4.49. The van der Waals surface area contributed by atoms with Gasteiger partial charge < -0.3 is 15.2 Å². The van der Waals surface area contributed by atoms with Gasteiger partial charge in [-0.3, -0.25) is 14.4 Å². The maximum absolute atomic E-state index is 14.8. The third kappa shape index (κ3) is 5.74. The lowest BCUT2D eigenvalue weighted by molar-refractivity contribution is -0.181. The van der Waals surface area contributed by atoms with Crippen LogP contribution in [0.5, 0.6) is 0 Å². The molecule has 33 heavy (non-hydrogen) atoms. The van der Waals surface area contributed by atoms with E-state index in [9.17, 15) is 36.3 Å². The number of halogens is 5. The number of nitriles is 1. The van der Waals surface area contributed by atoms with Gasteiger partial charge in [0.1, 0.15) is 17.6 Å². The number of Topliss-reactive ketones (excluding diaryl/α,β-unsaturated/α-hetero) is 1. The average Bonchev–Trinajstić information content (AvgIpc) is 3.05. The summed E-state index contributed by atoms with van der Waals surface area (Å²) in [5, 5.41) is 13.1. The zero-order valence-corrected chi connectivity index (χ0v) is 17.7. The van der Waals surface area contributed by atoms with E-state index in [0.29, 0.717) is 0 Å². The number of amides is 2. The van der Waals surface area contributed by atoms with Crippen molar-refractivity contribution in [2.45, 2.75) is 20.0 Å². The van der Waals surface area contributed by atoms with Crippen LogP contribution >= 0.6 is 0 Å². The quantitative estimate of drug-likeness (QED) is 0.367. The van der Waals surface area contributed by atoms with Gasteiger partial charge in [-0.15, -0.1) is 0 Å². The largest absolute Gasteiger partial charge is 0.391 e. The van der Waals surface area contributed by atoms with Crippen LogP contribution in [0.25, 0.3) is 0 Å². The number of carbonyl (C=O) groups excluding carboxylic acids is 3. The number of hydrogen-bond donors (Lipinski definition) is 2. The molecular weight excluding hydrogens is 451 g/mol. The van der Waals surface area contributed by atoms with E-state index in [2.05, 4.69) is 5.32 Å². The normalized spacial score (nSPS) is 13.1. The number of nitrogens with zero attached hydrogens (tertiary/aromatic N) is 2. The Morgan fingerprint density at radius 3 is 2.39 bits per heavy atom. The Kier molecular flexibility index (Phi) is 7.58. The molecule has 0 saturated heterocycles. The predicted octanol–water partition coefficient (Wildman–Crippen LogP) is 3.56. The Hall–Kier alpha value is -3.75. The number of alkyl halides is 3. The van der Waals surface area contributed by atoms with Gasteiger partial charge in [0.15, 0.2) is 5.82 Å². The molecular formula is C21H19F5N4O3. The number of carbonyl (C=O) groups is 3. The van der Waals surface area contributed by atoms with E-state index in [1.165, 1.54) is 14.0 Å². The van der Waals surface area contributed by atoms with Crippen molar-refractivity contribution in [2.75, 3.05) is 11.9 Å². The molecule has 2 aromatic rings. The Balaban J connectivity index is 2.16. The van der Waals surface area contributed by atoms with Crippen LogP contribution in [-0.2, 0) is 11.8 Å². The van der Waals surface area contributed by atoms with Crippen LogP contribution < -0.4 is 10.6 Å². The molecule has 2 atom stereocenters. The SMILES string of the molecule is C[C@H](CNC(=O)C(=O)c1cn(C)c(C(=O)Nc2ccc(F)c(C#N)c2)c1F)[C@H](C)C(F)(F)F. The second-order valence-corrected chi connectivity index (χ2v) is 7.42. The van der Waals surface area contributed by atoms with Crippen LogP contribution in [0.4, 0.5) is 27.6 Å². The first-order valence-corrected chi connectivity index (χ1v) is 9.53. The molecule has 2 N–H and O–H groups in total. The molecule has 2 amide bonds. The highest BCUT2D eigenvalue weighted by atomic mass is 19.4. The number of aryl methyl sites for hydroxylation is 1. The highest BCUT2D eigenvalue weighted by Gasteiger charge is 2.39. The lowest BCUT2D eigenvalue weighted by Gasteiger charge is -2.22. The van der Waals surface area contributed by atoms with E-state index in [1.54, 1.807) is 6.07 Å². The van der Waals surface area contributed by atoms with Gasteiger partial charge in [-0.1, -0.05) is 13.8 Å². The van der Waals surface area contributed by atoms with Crippen LogP contribution in [0.1, 0.15) is 40.3 Å². The number of hydrogen-bond acceptors (Lipinski definition) is 4. The third-order valence-corrected chi connectivity index (χ3v) is 5.08. The van der Waals surface area contributed by atoms with Gasteiger partial charge in [-0.2, -0.15) is 18.4 Å². The number of rotatable bonds is 7. The van der Waals surface area contributed by atoms with Gasteiger partial charge >= 0.3 is 6.18 Å². The second kappa shape index (κ2) is 9.81. The molecule has 1 aromatic heterocycles. The summed E-state index contributed by atoms with van der Waals surface area (Å²) < 4.78 is 67.4. The second-order valence-electron chi connectivity index (χ2n) is 7.42. The summed E-state index contributed by atoms with van der Waals surface area (Å²) >= 11 is 0. The first-order valence-electron chi connectivity index (χ1n) is 9.53. The van der Waals surface area contributed by atoms with Gasteiger partial charge in [-0.05, 0) is 24.1 Å².